The molecule has 5 heteroatoms. The first-order chi connectivity index (χ1) is 13.0. The molecule has 3 rings (SSSR count). The first-order valence-electron chi connectivity index (χ1n) is 9.45. The number of benzene rings is 2. The van der Waals surface area contributed by atoms with Crippen molar-refractivity contribution in [1.29, 1.82) is 0 Å². The fourth-order valence-corrected chi connectivity index (χ4v) is 3.38. The standard InChI is InChI=1S/C22H25ClN2O2/c1-16-12-14-25(15-13-16)20-8-6-19(7-9-20)24-22(27)11-10-21(26)17-2-4-18(23)5-3-17/h2-9,16H,10-15H2,1H3,(H,24,27). The molecule has 0 bridgehead atoms. The Bertz CT molecular complexity index is 779. The van der Waals surface area contributed by atoms with Crippen LogP contribution in [-0.4, -0.2) is 24.8 Å². The summed E-state index contributed by atoms with van der Waals surface area (Å²) in [4.78, 5) is 26.6. The number of carbonyl (C=O) groups is 2. The number of hydrogen-bond donors (Lipinski definition) is 1. The van der Waals surface area contributed by atoms with Gasteiger partial charge in [-0.15, -0.1) is 0 Å². The Morgan fingerprint density at radius 2 is 1.63 bits per heavy atom. The highest BCUT2D eigenvalue weighted by Gasteiger charge is 2.16. The molecule has 1 amide bonds. The average Bonchev–Trinajstić information content (AvgIpc) is 2.68. The number of ketones is 1. The fourth-order valence-electron chi connectivity index (χ4n) is 3.25. The van der Waals surface area contributed by atoms with Crippen LogP contribution in [0.4, 0.5) is 11.4 Å². The third-order valence-electron chi connectivity index (χ3n) is 5.05. The second kappa shape index (κ2) is 9.05. The predicted octanol–water partition coefficient (Wildman–Crippen LogP) is 5.18. The highest BCUT2D eigenvalue weighted by Crippen LogP contribution is 2.24. The number of Topliss-reactive ketones (excluding diaryl/α,β-unsaturated/α-hetero) is 1. The van der Waals surface area contributed by atoms with Crippen molar-refractivity contribution in [1.82, 2.24) is 0 Å². The summed E-state index contributed by atoms with van der Waals surface area (Å²) in [7, 11) is 0. The summed E-state index contributed by atoms with van der Waals surface area (Å²) in [5.41, 5.74) is 2.53. The molecular formula is C22H25ClN2O2. The van der Waals surface area contributed by atoms with Gasteiger partial charge in [-0.25, -0.2) is 0 Å². The zero-order chi connectivity index (χ0) is 19.2. The van der Waals surface area contributed by atoms with Gasteiger partial charge in [0.2, 0.25) is 5.91 Å². The first-order valence-corrected chi connectivity index (χ1v) is 9.82. The van der Waals surface area contributed by atoms with E-state index in [1.165, 1.54) is 18.5 Å². The number of piperidine rings is 1. The SMILES string of the molecule is CC1CCN(c2ccc(NC(=O)CCC(=O)c3ccc(Cl)cc3)cc2)CC1. The van der Waals surface area contributed by atoms with E-state index in [4.69, 9.17) is 11.6 Å². The molecule has 2 aromatic carbocycles. The van der Waals surface area contributed by atoms with E-state index >= 15 is 0 Å². The van der Waals surface area contributed by atoms with Crippen molar-refractivity contribution in [3.8, 4) is 0 Å². The molecule has 1 heterocycles. The van der Waals surface area contributed by atoms with E-state index in [0.717, 1.165) is 24.7 Å². The van der Waals surface area contributed by atoms with Crippen LogP contribution in [0.5, 0.6) is 0 Å². The summed E-state index contributed by atoms with van der Waals surface area (Å²) in [5, 5.41) is 3.45. The summed E-state index contributed by atoms with van der Waals surface area (Å²) in [6, 6.07) is 14.7. The number of amides is 1. The molecule has 1 fully saturated rings. The van der Waals surface area contributed by atoms with Gasteiger partial charge in [0.05, 0.1) is 0 Å². The molecule has 4 nitrogen and oxygen atoms in total. The molecule has 142 valence electrons. The topological polar surface area (TPSA) is 49.4 Å². The number of hydrogen-bond acceptors (Lipinski definition) is 3. The second-order valence-corrected chi connectivity index (χ2v) is 7.63. The van der Waals surface area contributed by atoms with E-state index in [0.29, 0.717) is 10.6 Å². The van der Waals surface area contributed by atoms with Crippen LogP contribution in [0.3, 0.4) is 0 Å². The summed E-state index contributed by atoms with van der Waals surface area (Å²) >= 11 is 5.82. The number of nitrogens with zero attached hydrogens (tertiary/aromatic N) is 1. The molecule has 1 aliphatic rings. The minimum atomic E-state index is -0.156. The van der Waals surface area contributed by atoms with E-state index < -0.39 is 0 Å². The lowest BCUT2D eigenvalue weighted by molar-refractivity contribution is -0.116. The Hall–Kier alpha value is -2.33. The zero-order valence-electron chi connectivity index (χ0n) is 15.6. The van der Waals surface area contributed by atoms with Crippen LogP contribution in [0, 0.1) is 5.92 Å². The number of anilines is 2. The van der Waals surface area contributed by atoms with Crippen molar-refractivity contribution in [2.75, 3.05) is 23.3 Å². The minimum absolute atomic E-state index is 0.0588. The van der Waals surface area contributed by atoms with Gasteiger partial charge in [0.25, 0.3) is 0 Å². The van der Waals surface area contributed by atoms with Gasteiger partial charge in [-0.3, -0.25) is 9.59 Å². The third kappa shape index (κ3) is 5.57. The van der Waals surface area contributed by atoms with E-state index in [9.17, 15) is 9.59 Å². The molecule has 1 saturated heterocycles. The molecule has 0 aliphatic carbocycles. The lowest BCUT2D eigenvalue weighted by Gasteiger charge is -2.32. The van der Waals surface area contributed by atoms with Crippen molar-refractivity contribution in [2.24, 2.45) is 5.92 Å². The van der Waals surface area contributed by atoms with Crippen molar-refractivity contribution < 1.29 is 9.59 Å². The highest BCUT2D eigenvalue weighted by atomic mass is 35.5. The van der Waals surface area contributed by atoms with Crippen LogP contribution in [0.15, 0.2) is 48.5 Å². The molecule has 2 aromatic rings. The van der Waals surface area contributed by atoms with Gasteiger partial charge in [0.15, 0.2) is 5.78 Å². The molecule has 0 unspecified atom stereocenters. The Kier molecular flexibility index (Phi) is 6.51. The van der Waals surface area contributed by atoms with Crippen LogP contribution in [0.2, 0.25) is 5.02 Å². The second-order valence-electron chi connectivity index (χ2n) is 7.19. The highest BCUT2D eigenvalue weighted by molar-refractivity contribution is 6.30. The third-order valence-corrected chi connectivity index (χ3v) is 5.30. The molecule has 0 spiro atoms. The van der Waals surface area contributed by atoms with Gasteiger partial charge < -0.3 is 10.2 Å². The predicted molar refractivity (Wildman–Crippen MR) is 111 cm³/mol. The maximum atomic E-state index is 12.1. The van der Waals surface area contributed by atoms with Gasteiger partial charge >= 0.3 is 0 Å². The van der Waals surface area contributed by atoms with E-state index in [2.05, 4.69) is 17.1 Å². The van der Waals surface area contributed by atoms with Crippen LogP contribution in [-0.2, 0) is 4.79 Å². The molecule has 0 atom stereocenters. The molecule has 0 aromatic heterocycles. The van der Waals surface area contributed by atoms with Gasteiger partial charge in [-0.05, 0) is 67.3 Å². The van der Waals surface area contributed by atoms with E-state index in [1.54, 1.807) is 24.3 Å². The number of nitrogens with one attached hydrogen (secondary N) is 1. The number of halogens is 1. The monoisotopic (exact) mass is 384 g/mol. The quantitative estimate of drug-likeness (QED) is 0.698. The molecule has 1 aliphatic heterocycles. The largest absolute Gasteiger partial charge is 0.372 e. The molecular weight excluding hydrogens is 360 g/mol. The molecule has 0 saturated carbocycles. The lowest BCUT2D eigenvalue weighted by Crippen LogP contribution is -2.32. The molecule has 27 heavy (non-hydrogen) atoms. The Morgan fingerprint density at radius 3 is 2.26 bits per heavy atom. The molecule has 0 radical (unpaired) electrons. The van der Waals surface area contributed by atoms with Gasteiger partial charge in [0, 0.05) is 47.9 Å². The average molecular weight is 385 g/mol. The maximum Gasteiger partial charge on any atom is 0.224 e. The number of rotatable bonds is 6. The Labute approximate surface area is 165 Å². The van der Waals surface area contributed by atoms with Gasteiger partial charge in [-0.2, -0.15) is 0 Å². The maximum absolute atomic E-state index is 12.1. The van der Waals surface area contributed by atoms with Crippen molar-refractivity contribution >= 4 is 34.7 Å². The summed E-state index contributed by atoms with van der Waals surface area (Å²) in [5.74, 6) is 0.587. The summed E-state index contributed by atoms with van der Waals surface area (Å²) < 4.78 is 0. The van der Waals surface area contributed by atoms with E-state index in [-0.39, 0.29) is 24.5 Å². The van der Waals surface area contributed by atoms with Gasteiger partial charge in [0.1, 0.15) is 0 Å². The Balaban J connectivity index is 1.47. The first kappa shape index (κ1) is 19.4. The zero-order valence-corrected chi connectivity index (χ0v) is 16.3. The Morgan fingerprint density at radius 1 is 1.00 bits per heavy atom. The summed E-state index contributed by atoms with van der Waals surface area (Å²) in [6.45, 7) is 4.47. The summed E-state index contributed by atoms with van der Waals surface area (Å²) in [6.07, 6.45) is 2.78. The van der Waals surface area contributed by atoms with Crippen LogP contribution >= 0.6 is 11.6 Å². The van der Waals surface area contributed by atoms with Crippen LogP contribution < -0.4 is 10.2 Å². The van der Waals surface area contributed by atoms with Crippen LogP contribution in [0.25, 0.3) is 0 Å². The van der Waals surface area contributed by atoms with Gasteiger partial charge in [-0.1, -0.05) is 18.5 Å². The number of carbonyl (C=O) groups excluding carboxylic acids is 2. The van der Waals surface area contributed by atoms with E-state index in [1.807, 2.05) is 24.3 Å². The lowest BCUT2D eigenvalue weighted by atomic mass is 9.99. The normalized spacial score (nSPS) is 14.8. The van der Waals surface area contributed by atoms with Crippen molar-refractivity contribution in [2.45, 2.75) is 32.6 Å². The molecule has 1 N–H and O–H groups in total. The van der Waals surface area contributed by atoms with Crippen molar-refractivity contribution in [3.63, 3.8) is 0 Å². The van der Waals surface area contributed by atoms with Crippen molar-refractivity contribution in [3.05, 3.63) is 59.1 Å². The smallest absolute Gasteiger partial charge is 0.224 e. The van der Waals surface area contributed by atoms with Crippen LogP contribution in [0.1, 0.15) is 43.0 Å². The fraction of sp³-hybridized carbons (Fsp3) is 0.364. The minimum Gasteiger partial charge on any atom is -0.372 e.